The first-order valence-electron chi connectivity index (χ1n) is 7.28. The van der Waals surface area contributed by atoms with Gasteiger partial charge in [-0.05, 0) is 36.2 Å². The van der Waals surface area contributed by atoms with Crippen molar-refractivity contribution in [2.24, 2.45) is 7.05 Å². The minimum absolute atomic E-state index is 0.0979. The lowest BCUT2D eigenvalue weighted by atomic mass is 9.95. The Morgan fingerprint density at radius 3 is 2.74 bits per heavy atom. The summed E-state index contributed by atoms with van der Waals surface area (Å²) in [7, 11) is 1.69. The summed E-state index contributed by atoms with van der Waals surface area (Å²) in [6, 6.07) is 6.90. The monoisotopic (exact) mass is 311 g/mol. The van der Waals surface area contributed by atoms with E-state index in [1.165, 1.54) is 4.57 Å². The van der Waals surface area contributed by atoms with Gasteiger partial charge in [0.1, 0.15) is 0 Å². The summed E-state index contributed by atoms with van der Waals surface area (Å²) in [6.07, 6.45) is 3.34. The predicted molar refractivity (Wildman–Crippen MR) is 86.1 cm³/mol. The second-order valence-corrected chi connectivity index (χ2v) is 5.64. The molecule has 0 aliphatic heterocycles. The van der Waals surface area contributed by atoms with Crippen molar-refractivity contribution < 1.29 is 9.90 Å². The first-order valence-corrected chi connectivity index (χ1v) is 7.28. The summed E-state index contributed by atoms with van der Waals surface area (Å²) in [6.45, 7) is 3.73. The largest absolute Gasteiger partial charge is 0.478 e. The first kappa shape index (κ1) is 15.0. The summed E-state index contributed by atoms with van der Waals surface area (Å²) >= 11 is 0. The molecule has 0 spiro atoms. The van der Waals surface area contributed by atoms with E-state index in [0.29, 0.717) is 11.1 Å². The van der Waals surface area contributed by atoms with Crippen molar-refractivity contribution in [1.82, 2.24) is 14.2 Å². The van der Waals surface area contributed by atoms with Gasteiger partial charge in [0.25, 0.3) is 5.56 Å². The van der Waals surface area contributed by atoms with Gasteiger partial charge in [0.15, 0.2) is 0 Å². The summed E-state index contributed by atoms with van der Waals surface area (Å²) < 4.78 is 3.15. The molecular formula is C17H17N3O3. The van der Waals surface area contributed by atoms with Crippen LogP contribution in [-0.4, -0.2) is 25.3 Å². The number of carboxylic acids is 1. The molecule has 0 aliphatic rings. The second kappa shape index (κ2) is 5.39. The second-order valence-electron chi connectivity index (χ2n) is 5.64. The van der Waals surface area contributed by atoms with Crippen molar-refractivity contribution in [2.45, 2.75) is 19.8 Å². The maximum atomic E-state index is 11.9. The molecule has 0 saturated carbocycles. The van der Waals surface area contributed by atoms with Crippen molar-refractivity contribution >= 4 is 11.5 Å². The van der Waals surface area contributed by atoms with Crippen LogP contribution in [-0.2, 0) is 7.05 Å². The molecule has 118 valence electrons. The Balaban J connectivity index is 2.27. The molecule has 0 radical (unpaired) electrons. The average Bonchev–Trinajstić information content (AvgIpc) is 2.81. The maximum Gasteiger partial charge on any atom is 0.338 e. The van der Waals surface area contributed by atoms with Gasteiger partial charge in [-0.15, -0.1) is 0 Å². The number of aromatic nitrogens is 3. The molecule has 3 aromatic heterocycles. The summed E-state index contributed by atoms with van der Waals surface area (Å²) in [5.41, 5.74) is 3.00. The van der Waals surface area contributed by atoms with Crippen LogP contribution < -0.4 is 5.56 Å². The number of carboxylic acid groups (broad SMARTS) is 1. The van der Waals surface area contributed by atoms with E-state index < -0.39 is 5.97 Å². The summed E-state index contributed by atoms with van der Waals surface area (Å²) in [4.78, 5) is 23.5. The SMILES string of the molecule is Cc1c(C(=O)O)c2cccnn2c1C(C)c1ccn(C)c(=O)c1. The van der Waals surface area contributed by atoms with Crippen molar-refractivity contribution in [2.75, 3.05) is 0 Å². The van der Waals surface area contributed by atoms with Gasteiger partial charge in [-0.1, -0.05) is 6.92 Å². The number of aromatic carboxylic acids is 1. The zero-order valence-electron chi connectivity index (χ0n) is 13.1. The number of hydrogen-bond donors (Lipinski definition) is 1. The Morgan fingerprint density at radius 1 is 1.35 bits per heavy atom. The normalized spacial score (nSPS) is 12.5. The van der Waals surface area contributed by atoms with Crippen LogP contribution in [0.2, 0.25) is 0 Å². The molecule has 1 unspecified atom stereocenters. The fourth-order valence-electron chi connectivity index (χ4n) is 3.00. The molecule has 0 amide bonds. The number of aryl methyl sites for hydroxylation is 1. The van der Waals surface area contributed by atoms with Crippen LogP contribution in [0.4, 0.5) is 0 Å². The Morgan fingerprint density at radius 2 is 2.09 bits per heavy atom. The van der Waals surface area contributed by atoms with Gasteiger partial charge in [-0.2, -0.15) is 5.10 Å². The number of nitrogens with zero attached hydrogens (tertiary/aromatic N) is 3. The number of pyridine rings is 1. The fraction of sp³-hybridized carbons (Fsp3) is 0.235. The first-order chi connectivity index (χ1) is 10.9. The Hall–Kier alpha value is -2.89. The Bertz CT molecular complexity index is 969. The number of rotatable bonds is 3. The van der Waals surface area contributed by atoms with E-state index in [1.54, 1.807) is 49.1 Å². The zero-order valence-corrected chi connectivity index (χ0v) is 13.1. The highest BCUT2D eigenvalue weighted by Gasteiger charge is 2.24. The van der Waals surface area contributed by atoms with Crippen LogP contribution in [0.15, 0.2) is 41.5 Å². The third-order valence-corrected chi connectivity index (χ3v) is 4.25. The lowest BCUT2D eigenvalue weighted by Gasteiger charge is -2.13. The van der Waals surface area contributed by atoms with Crippen LogP contribution in [0.1, 0.15) is 40.0 Å². The third-order valence-electron chi connectivity index (χ3n) is 4.25. The van der Waals surface area contributed by atoms with E-state index in [2.05, 4.69) is 5.10 Å². The molecule has 0 bridgehead atoms. The van der Waals surface area contributed by atoms with E-state index in [4.69, 9.17) is 0 Å². The van der Waals surface area contributed by atoms with E-state index in [0.717, 1.165) is 11.3 Å². The van der Waals surface area contributed by atoms with Crippen molar-refractivity contribution in [3.05, 3.63) is 69.4 Å². The molecule has 0 saturated heterocycles. The molecular weight excluding hydrogens is 294 g/mol. The van der Waals surface area contributed by atoms with Crippen molar-refractivity contribution in [1.29, 1.82) is 0 Å². The molecule has 1 atom stereocenters. The number of fused-ring (bicyclic) bond motifs is 1. The van der Waals surface area contributed by atoms with E-state index in [9.17, 15) is 14.7 Å². The molecule has 6 nitrogen and oxygen atoms in total. The van der Waals surface area contributed by atoms with Gasteiger partial charge in [0.2, 0.25) is 0 Å². The molecule has 23 heavy (non-hydrogen) atoms. The van der Waals surface area contributed by atoms with Crippen LogP contribution >= 0.6 is 0 Å². The zero-order chi connectivity index (χ0) is 16.7. The highest BCUT2D eigenvalue weighted by molar-refractivity contribution is 5.98. The van der Waals surface area contributed by atoms with Gasteiger partial charge < -0.3 is 9.67 Å². The molecule has 0 fully saturated rings. The highest BCUT2D eigenvalue weighted by Crippen LogP contribution is 2.31. The Kier molecular flexibility index (Phi) is 3.52. The Labute approximate surface area is 132 Å². The van der Waals surface area contributed by atoms with Crippen LogP contribution in [0.25, 0.3) is 5.52 Å². The highest BCUT2D eigenvalue weighted by atomic mass is 16.4. The summed E-state index contributed by atoms with van der Waals surface area (Å²) in [5, 5.41) is 13.8. The minimum Gasteiger partial charge on any atom is -0.478 e. The molecule has 3 rings (SSSR count). The van der Waals surface area contributed by atoms with Gasteiger partial charge in [-0.3, -0.25) is 4.79 Å². The quantitative estimate of drug-likeness (QED) is 0.804. The molecule has 1 N–H and O–H groups in total. The van der Waals surface area contributed by atoms with Gasteiger partial charge in [0, 0.05) is 31.4 Å². The molecule has 3 heterocycles. The lowest BCUT2D eigenvalue weighted by molar-refractivity contribution is 0.0698. The molecule has 0 aromatic carbocycles. The topological polar surface area (TPSA) is 76.6 Å². The van der Waals surface area contributed by atoms with Gasteiger partial charge in [-0.25, -0.2) is 9.31 Å². The number of hydrogen-bond acceptors (Lipinski definition) is 3. The summed E-state index contributed by atoms with van der Waals surface area (Å²) in [5.74, 6) is -1.13. The lowest BCUT2D eigenvalue weighted by Crippen LogP contribution is -2.16. The van der Waals surface area contributed by atoms with E-state index in [-0.39, 0.29) is 17.0 Å². The predicted octanol–water partition coefficient (Wildman–Crippen LogP) is 2.19. The van der Waals surface area contributed by atoms with Gasteiger partial charge >= 0.3 is 5.97 Å². The van der Waals surface area contributed by atoms with E-state index in [1.807, 2.05) is 13.0 Å². The van der Waals surface area contributed by atoms with Crippen molar-refractivity contribution in [3.8, 4) is 0 Å². The average molecular weight is 311 g/mol. The van der Waals surface area contributed by atoms with Gasteiger partial charge in [0.05, 0.1) is 16.8 Å². The molecule has 6 heteroatoms. The van der Waals surface area contributed by atoms with Crippen LogP contribution in [0, 0.1) is 6.92 Å². The third kappa shape index (κ3) is 2.32. The smallest absolute Gasteiger partial charge is 0.338 e. The minimum atomic E-state index is -0.976. The fourth-order valence-corrected chi connectivity index (χ4v) is 3.00. The maximum absolute atomic E-state index is 11.9. The molecule has 0 aliphatic carbocycles. The van der Waals surface area contributed by atoms with Crippen LogP contribution in [0.3, 0.4) is 0 Å². The molecule has 3 aromatic rings. The number of carbonyl (C=O) groups is 1. The van der Waals surface area contributed by atoms with Crippen LogP contribution in [0.5, 0.6) is 0 Å². The van der Waals surface area contributed by atoms with E-state index >= 15 is 0 Å². The van der Waals surface area contributed by atoms with Crippen molar-refractivity contribution in [3.63, 3.8) is 0 Å². The standard InChI is InChI=1S/C17H17N3O3/c1-10(12-6-8-19(3)14(21)9-12)16-11(2)15(17(22)23)13-5-4-7-18-20(13)16/h4-10H,1-3H3,(H,22,23).